The number of rotatable bonds is 4. The summed E-state index contributed by atoms with van der Waals surface area (Å²) in [5.41, 5.74) is 3.31. The first kappa shape index (κ1) is 16.8. The molecular formula is C16H16ClN3O3. The van der Waals surface area contributed by atoms with Crippen LogP contribution in [-0.4, -0.2) is 11.0 Å². The highest BCUT2D eigenvalue weighted by Crippen LogP contribution is 2.27. The van der Waals surface area contributed by atoms with E-state index < -0.39 is 11.0 Å². The average Bonchev–Trinajstić information content (AvgIpc) is 2.48. The molecule has 0 radical (unpaired) electrons. The van der Waals surface area contributed by atoms with Gasteiger partial charge in [0, 0.05) is 18.3 Å². The van der Waals surface area contributed by atoms with Gasteiger partial charge in [-0.25, -0.2) is 4.79 Å². The largest absolute Gasteiger partial charge is 0.334 e. The Balaban J connectivity index is 2.00. The fourth-order valence-corrected chi connectivity index (χ4v) is 2.31. The van der Waals surface area contributed by atoms with Gasteiger partial charge in [0.05, 0.1) is 4.92 Å². The second-order valence-corrected chi connectivity index (χ2v) is 5.57. The van der Waals surface area contributed by atoms with Crippen molar-refractivity contribution in [3.63, 3.8) is 0 Å². The maximum Gasteiger partial charge on any atom is 0.319 e. The third kappa shape index (κ3) is 4.43. The third-order valence-electron chi connectivity index (χ3n) is 3.34. The van der Waals surface area contributed by atoms with Crippen LogP contribution in [0.25, 0.3) is 0 Å². The molecule has 0 aliphatic rings. The van der Waals surface area contributed by atoms with Gasteiger partial charge in [-0.05, 0) is 37.1 Å². The van der Waals surface area contributed by atoms with E-state index in [1.54, 1.807) is 0 Å². The van der Waals surface area contributed by atoms with Crippen molar-refractivity contribution in [3.8, 4) is 0 Å². The van der Waals surface area contributed by atoms with Crippen molar-refractivity contribution < 1.29 is 9.72 Å². The molecule has 2 rings (SSSR count). The molecule has 0 fully saturated rings. The fraction of sp³-hybridized carbons (Fsp3) is 0.188. The van der Waals surface area contributed by atoms with E-state index in [2.05, 4.69) is 10.6 Å². The van der Waals surface area contributed by atoms with Gasteiger partial charge in [0.2, 0.25) is 0 Å². The summed E-state index contributed by atoms with van der Waals surface area (Å²) in [5, 5.41) is 16.1. The summed E-state index contributed by atoms with van der Waals surface area (Å²) in [6.45, 7) is 4.35. The lowest BCUT2D eigenvalue weighted by molar-refractivity contribution is -0.384. The Kier molecular flexibility index (Phi) is 5.18. The van der Waals surface area contributed by atoms with Crippen LogP contribution in [0.2, 0.25) is 5.02 Å². The Labute approximate surface area is 138 Å². The summed E-state index contributed by atoms with van der Waals surface area (Å²) in [5.74, 6) is 0. The molecule has 0 unspecified atom stereocenters. The first-order valence-corrected chi connectivity index (χ1v) is 7.29. The van der Waals surface area contributed by atoms with Gasteiger partial charge in [0.25, 0.3) is 5.69 Å². The number of amides is 2. The van der Waals surface area contributed by atoms with Crippen LogP contribution in [0.1, 0.15) is 16.7 Å². The third-order valence-corrected chi connectivity index (χ3v) is 3.66. The fourth-order valence-electron chi connectivity index (χ4n) is 2.13. The lowest BCUT2D eigenvalue weighted by Crippen LogP contribution is -2.28. The molecule has 7 heteroatoms. The van der Waals surface area contributed by atoms with Crippen molar-refractivity contribution >= 4 is 29.0 Å². The topological polar surface area (TPSA) is 84.3 Å². The van der Waals surface area contributed by atoms with Crippen molar-refractivity contribution in [3.05, 3.63) is 68.2 Å². The van der Waals surface area contributed by atoms with E-state index in [1.165, 1.54) is 18.2 Å². The minimum atomic E-state index is -0.596. The highest BCUT2D eigenvalue weighted by atomic mass is 35.5. The number of halogens is 1. The molecule has 0 saturated carbocycles. The summed E-state index contributed by atoms with van der Waals surface area (Å²) in [6, 6.07) is 9.63. The number of nitro benzene ring substituents is 1. The number of anilines is 1. The van der Waals surface area contributed by atoms with Crippen LogP contribution < -0.4 is 10.6 Å². The Morgan fingerprint density at radius 2 is 1.96 bits per heavy atom. The quantitative estimate of drug-likeness (QED) is 0.650. The van der Waals surface area contributed by atoms with Gasteiger partial charge in [0.1, 0.15) is 5.02 Å². The Hall–Kier alpha value is -2.60. The van der Waals surface area contributed by atoms with E-state index in [0.29, 0.717) is 12.2 Å². The van der Waals surface area contributed by atoms with E-state index in [9.17, 15) is 14.9 Å². The summed E-state index contributed by atoms with van der Waals surface area (Å²) >= 11 is 5.73. The van der Waals surface area contributed by atoms with Crippen molar-refractivity contribution in [2.45, 2.75) is 20.4 Å². The first-order chi connectivity index (χ1) is 10.9. The molecule has 6 nitrogen and oxygen atoms in total. The summed E-state index contributed by atoms with van der Waals surface area (Å²) in [7, 11) is 0. The monoisotopic (exact) mass is 333 g/mol. The Morgan fingerprint density at radius 1 is 1.22 bits per heavy atom. The predicted molar refractivity (Wildman–Crippen MR) is 89.9 cm³/mol. The van der Waals surface area contributed by atoms with Crippen LogP contribution in [0.4, 0.5) is 16.2 Å². The second kappa shape index (κ2) is 7.11. The SMILES string of the molecule is Cc1ccc(CNC(=O)Nc2ccc(Cl)c([N+](=O)[O-])c2)c(C)c1. The van der Waals surface area contributed by atoms with E-state index in [-0.39, 0.29) is 10.7 Å². The summed E-state index contributed by atoms with van der Waals surface area (Å²) in [6.07, 6.45) is 0. The zero-order valence-corrected chi connectivity index (χ0v) is 13.5. The number of nitro groups is 1. The average molecular weight is 334 g/mol. The molecule has 0 bridgehead atoms. The second-order valence-electron chi connectivity index (χ2n) is 5.16. The van der Waals surface area contributed by atoms with Gasteiger partial charge in [-0.1, -0.05) is 35.4 Å². The van der Waals surface area contributed by atoms with Gasteiger partial charge >= 0.3 is 6.03 Å². The highest BCUT2D eigenvalue weighted by Gasteiger charge is 2.13. The molecule has 2 aromatic carbocycles. The number of carbonyl (C=O) groups excluding carboxylic acids is 1. The zero-order chi connectivity index (χ0) is 17.0. The molecule has 0 aliphatic carbocycles. The summed E-state index contributed by atoms with van der Waals surface area (Å²) < 4.78 is 0. The van der Waals surface area contributed by atoms with Crippen molar-refractivity contribution in [2.24, 2.45) is 0 Å². The lowest BCUT2D eigenvalue weighted by atomic mass is 10.1. The number of aryl methyl sites for hydroxylation is 2. The van der Waals surface area contributed by atoms with Crippen LogP contribution in [-0.2, 0) is 6.54 Å². The molecule has 0 saturated heterocycles. The molecule has 2 amide bonds. The summed E-state index contributed by atoms with van der Waals surface area (Å²) in [4.78, 5) is 22.1. The lowest BCUT2D eigenvalue weighted by Gasteiger charge is -2.10. The number of nitrogens with zero attached hydrogens (tertiary/aromatic N) is 1. The van der Waals surface area contributed by atoms with Crippen LogP contribution >= 0.6 is 11.6 Å². The molecule has 23 heavy (non-hydrogen) atoms. The molecule has 0 atom stereocenters. The van der Waals surface area contributed by atoms with Crippen molar-refractivity contribution in [1.29, 1.82) is 0 Å². The molecule has 0 heterocycles. The maximum atomic E-state index is 11.9. The van der Waals surface area contributed by atoms with Crippen molar-refractivity contribution in [1.82, 2.24) is 5.32 Å². The molecular weight excluding hydrogens is 318 g/mol. The van der Waals surface area contributed by atoms with E-state index in [4.69, 9.17) is 11.6 Å². The van der Waals surface area contributed by atoms with Crippen LogP contribution in [0.15, 0.2) is 36.4 Å². The van der Waals surface area contributed by atoms with E-state index in [1.807, 2.05) is 32.0 Å². The number of benzene rings is 2. The minimum Gasteiger partial charge on any atom is -0.334 e. The van der Waals surface area contributed by atoms with Gasteiger partial charge < -0.3 is 10.6 Å². The highest BCUT2D eigenvalue weighted by molar-refractivity contribution is 6.32. The Bertz CT molecular complexity index is 762. The zero-order valence-electron chi connectivity index (χ0n) is 12.7. The van der Waals surface area contributed by atoms with Gasteiger partial charge in [-0.3, -0.25) is 10.1 Å². The number of carbonyl (C=O) groups is 1. The molecule has 120 valence electrons. The first-order valence-electron chi connectivity index (χ1n) is 6.92. The number of nitrogens with one attached hydrogen (secondary N) is 2. The number of hydrogen-bond donors (Lipinski definition) is 2. The minimum absolute atomic E-state index is 0.0243. The normalized spacial score (nSPS) is 10.2. The van der Waals surface area contributed by atoms with Crippen LogP contribution in [0.5, 0.6) is 0 Å². The van der Waals surface area contributed by atoms with Crippen LogP contribution in [0.3, 0.4) is 0 Å². The van der Waals surface area contributed by atoms with Gasteiger partial charge in [-0.2, -0.15) is 0 Å². The standard InChI is InChI=1S/C16H16ClN3O3/c1-10-3-4-12(11(2)7-10)9-18-16(21)19-13-5-6-14(17)15(8-13)20(22)23/h3-8H,9H2,1-2H3,(H2,18,19,21). The number of urea groups is 1. The number of hydrogen-bond acceptors (Lipinski definition) is 3. The van der Waals surface area contributed by atoms with Gasteiger partial charge in [0.15, 0.2) is 0 Å². The predicted octanol–water partition coefficient (Wildman–Crippen LogP) is 4.19. The maximum absolute atomic E-state index is 11.9. The molecule has 0 aromatic heterocycles. The van der Waals surface area contributed by atoms with Gasteiger partial charge in [-0.15, -0.1) is 0 Å². The van der Waals surface area contributed by atoms with E-state index in [0.717, 1.165) is 16.7 Å². The molecule has 2 N–H and O–H groups in total. The Morgan fingerprint density at radius 3 is 2.61 bits per heavy atom. The van der Waals surface area contributed by atoms with Crippen LogP contribution in [0, 0.1) is 24.0 Å². The smallest absolute Gasteiger partial charge is 0.319 e. The molecule has 0 aliphatic heterocycles. The molecule has 2 aromatic rings. The van der Waals surface area contributed by atoms with Crippen molar-refractivity contribution in [2.75, 3.05) is 5.32 Å². The molecule has 0 spiro atoms. The van der Waals surface area contributed by atoms with E-state index >= 15 is 0 Å².